The van der Waals surface area contributed by atoms with Gasteiger partial charge in [-0.2, -0.15) is 0 Å². The molecule has 0 aromatic heterocycles. The van der Waals surface area contributed by atoms with Crippen LogP contribution < -0.4 is 14.8 Å². The van der Waals surface area contributed by atoms with Gasteiger partial charge in [-0.3, -0.25) is 19.7 Å². The summed E-state index contributed by atoms with van der Waals surface area (Å²) >= 11 is 0. The second-order valence-corrected chi connectivity index (χ2v) is 5.76. The van der Waals surface area contributed by atoms with E-state index in [1.807, 2.05) is 0 Å². The van der Waals surface area contributed by atoms with Gasteiger partial charge < -0.3 is 19.9 Å². The van der Waals surface area contributed by atoms with Crippen LogP contribution in [0.3, 0.4) is 0 Å². The molecule has 1 aliphatic carbocycles. The average Bonchev–Trinajstić information content (AvgIpc) is 2.52. The monoisotopic (exact) mass is 352 g/mol. The van der Waals surface area contributed by atoms with E-state index in [2.05, 4.69) is 5.32 Å². The Kier molecular flexibility index (Phi) is 5.79. The Balaban J connectivity index is 2.03. The number of rotatable bonds is 8. The van der Waals surface area contributed by atoms with Crippen molar-refractivity contribution in [2.75, 3.05) is 20.8 Å². The number of hydrogen-bond donors (Lipinski definition) is 2. The molecule has 1 fully saturated rings. The molecule has 2 unspecified atom stereocenters. The molecule has 1 aromatic carbocycles. The normalized spacial score (nSPS) is 18.8. The lowest BCUT2D eigenvalue weighted by Gasteiger charge is -2.31. The summed E-state index contributed by atoms with van der Waals surface area (Å²) in [6.45, 7) is 0.165. The summed E-state index contributed by atoms with van der Waals surface area (Å²) in [5.41, 5.74) is 0.269. The summed E-state index contributed by atoms with van der Waals surface area (Å²) in [5, 5.41) is 22.9. The third-order valence-corrected chi connectivity index (χ3v) is 4.40. The molecule has 0 bridgehead atoms. The molecule has 0 aliphatic heterocycles. The van der Waals surface area contributed by atoms with Crippen molar-refractivity contribution in [1.82, 2.24) is 5.32 Å². The molecule has 9 heteroatoms. The summed E-state index contributed by atoms with van der Waals surface area (Å²) in [7, 11) is 2.82. The minimum Gasteiger partial charge on any atom is -0.493 e. The highest BCUT2D eigenvalue weighted by Gasteiger charge is 2.41. The number of nitrogens with one attached hydrogen (secondary N) is 1. The van der Waals surface area contributed by atoms with Gasteiger partial charge in [-0.1, -0.05) is 0 Å². The van der Waals surface area contributed by atoms with Crippen LogP contribution in [0.2, 0.25) is 0 Å². The molecule has 1 saturated carbocycles. The third kappa shape index (κ3) is 3.98. The fraction of sp³-hybridized carbons (Fsp3) is 0.500. The summed E-state index contributed by atoms with van der Waals surface area (Å²) in [4.78, 5) is 33.7. The molecule has 2 rings (SSSR count). The van der Waals surface area contributed by atoms with Crippen LogP contribution in [0.25, 0.3) is 0 Å². The summed E-state index contributed by atoms with van der Waals surface area (Å²) < 4.78 is 10.2. The molecule has 2 N–H and O–H groups in total. The van der Waals surface area contributed by atoms with Gasteiger partial charge in [-0.25, -0.2) is 0 Å². The zero-order chi connectivity index (χ0) is 18.6. The first-order valence-electron chi connectivity index (χ1n) is 7.78. The van der Waals surface area contributed by atoms with Crippen LogP contribution in [0.15, 0.2) is 12.1 Å². The van der Waals surface area contributed by atoms with Gasteiger partial charge in [0.1, 0.15) is 0 Å². The number of benzene rings is 1. The minimum atomic E-state index is -0.970. The van der Waals surface area contributed by atoms with Gasteiger partial charge in [0, 0.05) is 12.1 Å². The topological polar surface area (TPSA) is 128 Å². The first-order chi connectivity index (χ1) is 11.9. The number of carbonyl (C=O) groups excluding carboxylic acids is 1. The highest BCUT2D eigenvalue weighted by Crippen LogP contribution is 2.35. The molecule has 0 radical (unpaired) electrons. The zero-order valence-electron chi connectivity index (χ0n) is 14.0. The van der Waals surface area contributed by atoms with Gasteiger partial charge >= 0.3 is 5.97 Å². The van der Waals surface area contributed by atoms with Gasteiger partial charge in [-0.15, -0.1) is 0 Å². The number of nitro groups is 1. The number of nitrogens with zero attached hydrogens (tertiary/aromatic N) is 1. The van der Waals surface area contributed by atoms with E-state index in [0.29, 0.717) is 24.2 Å². The second-order valence-electron chi connectivity index (χ2n) is 5.76. The third-order valence-electron chi connectivity index (χ3n) is 4.40. The van der Waals surface area contributed by atoms with Crippen LogP contribution in [0.1, 0.15) is 18.4 Å². The van der Waals surface area contributed by atoms with Crippen molar-refractivity contribution in [2.24, 2.45) is 11.8 Å². The number of ether oxygens (including phenoxy) is 2. The van der Waals surface area contributed by atoms with Crippen LogP contribution in [0, 0.1) is 22.0 Å². The molecule has 0 saturated heterocycles. The lowest BCUT2D eigenvalue weighted by molar-refractivity contribution is -0.385. The Bertz CT molecular complexity index is 689. The Hall–Kier alpha value is -2.84. The molecular weight excluding hydrogens is 332 g/mol. The maximum Gasteiger partial charge on any atom is 0.307 e. The number of aliphatic carboxylic acids is 1. The van der Waals surface area contributed by atoms with Crippen molar-refractivity contribution in [3.05, 3.63) is 27.8 Å². The smallest absolute Gasteiger partial charge is 0.307 e. The van der Waals surface area contributed by atoms with E-state index in [-0.39, 0.29) is 30.3 Å². The van der Waals surface area contributed by atoms with Crippen LogP contribution in [-0.2, 0) is 16.0 Å². The van der Waals surface area contributed by atoms with Gasteiger partial charge in [0.15, 0.2) is 11.5 Å². The van der Waals surface area contributed by atoms with Crippen molar-refractivity contribution in [3.63, 3.8) is 0 Å². The first kappa shape index (κ1) is 18.5. The molecule has 136 valence electrons. The largest absolute Gasteiger partial charge is 0.493 e. The van der Waals surface area contributed by atoms with E-state index >= 15 is 0 Å². The number of carbonyl (C=O) groups is 2. The Morgan fingerprint density at radius 1 is 1.24 bits per heavy atom. The molecule has 1 amide bonds. The summed E-state index contributed by atoms with van der Waals surface area (Å²) in [6.07, 6.45) is 1.25. The Morgan fingerprint density at radius 2 is 1.84 bits per heavy atom. The summed E-state index contributed by atoms with van der Waals surface area (Å²) in [5.74, 6) is -1.86. The number of carboxylic acid groups (broad SMARTS) is 1. The van der Waals surface area contributed by atoms with Gasteiger partial charge in [-0.05, 0) is 25.3 Å². The molecule has 0 heterocycles. The van der Waals surface area contributed by atoms with E-state index in [9.17, 15) is 19.7 Å². The quantitative estimate of drug-likeness (QED) is 0.534. The zero-order valence-corrected chi connectivity index (χ0v) is 14.0. The van der Waals surface area contributed by atoms with Gasteiger partial charge in [0.25, 0.3) is 5.69 Å². The Morgan fingerprint density at radius 3 is 2.32 bits per heavy atom. The van der Waals surface area contributed by atoms with E-state index in [1.54, 1.807) is 0 Å². The molecule has 25 heavy (non-hydrogen) atoms. The van der Waals surface area contributed by atoms with Crippen LogP contribution in [-0.4, -0.2) is 42.7 Å². The van der Waals surface area contributed by atoms with Crippen molar-refractivity contribution >= 4 is 17.6 Å². The number of amides is 1. The van der Waals surface area contributed by atoms with E-state index in [1.165, 1.54) is 26.4 Å². The molecule has 1 aromatic rings. The summed E-state index contributed by atoms with van der Waals surface area (Å²) in [6, 6.07) is 2.79. The second kappa shape index (κ2) is 7.82. The van der Waals surface area contributed by atoms with E-state index in [0.717, 1.165) is 0 Å². The predicted octanol–water partition coefficient (Wildman–Crippen LogP) is 1.38. The van der Waals surface area contributed by atoms with E-state index < -0.39 is 22.7 Å². The lowest BCUT2D eigenvalue weighted by atomic mass is 9.73. The molecule has 9 nitrogen and oxygen atoms in total. The highest BCUT2D eigenvalue weighted by atomic mass is 16.6. The van der Waals surface area contributed by atoms with Crippen LogP contribution in [0.4, 0.5) is 5.69 Å². The molecular formula is C16H20N2O7. The van der Waals surface area contributed by atoms with Crippen molar-refractivity contribution in [3.8, 4) is 11.5 Å². The van der Waals surface area contributed by atoms with Crippen molar-refractivity contribution in [2.45, 2.75) is 19.3 Å². The SMILES string of the molecule is COc1cc(CCNC(=O)C2CCC2C(=O)O)c([N+](=O)[O-])cc1OC. The van der Waals surface area contributed by atoms with Gasteiger partial charge in [0.2, 0.25) is 5.91 Å². The maximum absolute atomic E-state index is 12.0. The standard InChI is InChI=1S/C16H20N2O7/c1-24-13-7-9(12(18(22)23)8-14(13)25-2)5-6-17-15(19)10-3-4-11(10)16(20)21/h7-8,10-11H,3-6H2,1-2H3,(H,17,19)(H,20,21). The molecule has 1 aliphatic rings. The Labute approximate surface area is 144 Å². The highest BCUT2D eigenvalue weighted by molar-refractivity contribution is 5.86. The number of carboxylic acids is 1. The first-order valence-corrected chi connectivity index (χ1v) is 7.78. The van der Waals surface area contributed by atoms with Crippen molar-refractivity contribution in [1.29, 1.82) is 0 Å². The number of nitro benzene ring substituents is 1. The lowest BCUT2D eigenvalue weighted by Crippen LogP contribution is -2.44. The minimum absolute atomic E-state index is 0.126. The van der Waals surface area contributed by atoms with Crippen molar-refractivity contribution < 1.29 is 29.1 Å². The molecule has 0 spiro atoms. The predicted molar refractivity (Wildman–Crippen MR) is 86.8 cm³/mol. The maximum atomic E-state index is 12.0. The average molecular weight is 352 g/mol. The fourth-order valence-corrected chi connectivity index (χ4v) is 2.84. The molecule has 2 atom stereocenters. The van der Waals surface area contributed by atoms with Gasteiger partial charge in [0.05, 0.1) is 37.0 Å². The number of hydrogen-bond acceptors (Lipinski definition) is 6. The van der Waals surface area contributed by atoms with Crippen LogP contribution >= 0.6 is 0 Å². The fourth-order valence-electron chi connectivity index (χ4n) is 2.84. The van der Waals surface area contributed by atoms with E-state index in [4.69, 9.17) is 14.6 Å². The van der Waals surface area contributed by atoms with Crippen LogP contribution in [0.5, 0.6) is 11.5 Å². The number of methoxy groups -OCH3 is 2.